The van der Waals surface area contributed by atoms with E-state index in [0.717, 1.165) is 21.5 Å². The number of aromatic nitrogens is 1. The molecule has 1 aromatic heterocycles. The SMILES string of the molecule is CN=C(NCc1cc(C(C)C)no1)NCc1cc(F)ccc1Br.I. The molecule has 0 aliphatic carbocycles. The Kier molecular flexibility index (Phi) is 8.68. The third-order valence-electron chi connectivity index (χ3n) is 3.28. The molecular weight excluding hydrogens is 490 g/mol. The van der Waals surface area contributed by atoms with E-state index >= 15 is 0 Å². The number of hydrogen-bond donors (Lipinski definition) is 2. The maximum Gasteiger partial charge on any atom is 0.191 e. The summed E-state index contributed by atoms with van der Waals surface area (Å²) in [4.78, 5) is 4.14. The maximum atomic E-state index is 13.3. The zero-order valence-corrected chi connectivity index (χ0v) is 17.7. The van der Waals surface area contributed by atoms with Gasteiger partial charge in [-0.15, -0.1) is 24.0 Å². The van der Waals surface area contributed by atoms with Crippen molar-refractivity contribution < 1.29 is 8.91 Å². The van der Waals surface area contributed by atoms with E-state index in [9.17, 15) is 4.39 Å². The predicted octanol–water partition coefficient (Wildman–Crippen LogP) is 4.18. The Labute approximate surface area is 166 Å². The summed E-state index contributed by atoms with van der Waals surface area (Å²) in [7, 11) is 1.68. The van der Waals surface area contributed by atoms with Crippen LogP contribution in [0.5, 0.6) is 0 Å². The van der Waals surface area contributed by atoms with Gasteiger partial charge >= 0.3 is 0 Å². The van der Waals surface area contributed by atoms with Gasteiger partial charge in [-0.2, -0.15) is 0 Å². The van der Waals surface area contributed by atoms with Crippen molar-refractivity contribution in [2.24, 2.45) is 4.99 Å². The Balaban J connectivity index is 0.00000288. The average Bonchev–Trinajstić information content (AvgIpc) is 3.00. The fraction of sp³-hybridized carbons (Fsp3) is 0.375. The molecular formula is C16H21BrFIN4O. The van der Waals surface area contributed by atoms with Gasteiger partial charge in [-0.3, -0.25) is 4.99 Å². The third kappa shape index (κ3) is 6.04. The van der Waals surface area contributed by atoms with E-state index in [1.54, 1.807) is 13.1 Å². The van der Waals surface area contributed by atoms with E-state index < -0.39 is 0 Å². The molecule has 8 heteroatoms. The first kappa shape index (κ1) is 20.9. The number of nitrogens with one attached hydrogen (secondary N) is 2. The number of halogens is 3. The monoisotopic (exact) mass is 510 g/mol. The molecule has 132 valence electrons. The fourth-order valence-electron chi connectivity index (χ4n) is 1.93. The molecule has 0 unspecified atom stereocenters. The molecule has 2 N–H and O–H groups in total. The molecule has 1 aromatic carbocycles. The third-order valence-corrected chi connectivity index (χ3v) is 4.05. The normalized spacial score (nSPS) is 11.3. The predicted molar refractivity (Wildman–Crippen MR) is 107 cm³/mol. The van der Waals surface area contributed by atoms with Crippen molar-refractivity contribution in [1.29, 1.82) is 0 Å². The summed E-state index contributed by atoms with van der Waals surface area (Å²) >= 11 is 3.40. The van der Waals surface area contributed by atoms with Crippen molar-refractivity contribution in [1.82, 2.24) is 15.8 Å². The molecule has 0 spiro atoms. The average molecular weight is 511 g/mol. The number of rotatable bonds is 5. The van der Waals surface area contributed by atoms with Crippen LogP contribution in [0.1, 0.15) is 36.8 Å². The van der Waals surface area contributed by atoms with Crippen LogP contribution in [0.4, 0.5) is 4.39 Å². The molecule has 2 aromatic rings. The lowest BCUT2D eigenvalue weighted by atomic mass is 10.1. The fourth-order valence-corrected chi connectivity index (χ4v) is 2.32. The highest BCUT2D eigenvalue weighted by Gasteiger charge is 2.08. The Morgan fingerprint density at radius 2 is 2.00 bits per heavy atom. The van der Waals surface area contributed by atoms with Crippen molar-refractivity contribution in [3.8, 4) is 0 Å². The van der Waals surface area contributed by atoms with Gasteiger partial charge in [-0.05, 0) is 29.7 Å². The van der Waals surface area contributed by atoms with Crippen LogP contribution >= 0.6 is 39.9 Å². The summed E-state index contributed by atoms with van der Waals surface area (Å²) < 4.78 is 19.4. The van der Waals surface area contributed by atoms with Crippen molar-refractivity contribution in [3.63, 3.8) is 0 Å². The molecule has 24 heavy (non-hydrogen) atoms. The van der Waals surface area contributed by atoms with Gasteiger partial charge in [0.1, 0.15) is 5.82 Å². The van der Waals surface area contributed by atoms with E-state index in [1.165, 1.54) is 12.1 Å². The molecule has 1 heterocycles. The van der Waals surface area contributed by atoms with Gasteiger partial charge < -0.3 is 15.2 Å². The van der Waals surface area contributed by atoms with Gasteiger partial charge in [0.25, 0.3) is 0 Å². The van der Waals surface area contributed by atoms with Crippen LogP contribution in [-0.4, -0.2) is 18.2 Å². The van der Waals surface area contributed by atoms with E-state index in [0.29, 0.717) is 25.0 Å². The minimum Gasteiger partial charge on any atom is -0.359 e. The standard InChI is InChI=1S/C16H20BrFN4O.HI/c1-10(2)15-7-13(23-22-15)9-21-16(19-3)20-8-11-6-12(18)4-5-14(11)17;/h4-7,10H,8-9H2,1-3H3,(H2,19,20,21);1H. The smallest absolute Gasteiger partial charge is 0.191 e. The van der Waals surface area contributed by atoms with Crippen LogP contribution in [-0.2, 0) is 13.1 Å². The number of nitrogens with zero attached hydrogens (tertiary/aromatic N) is 2. The van der Waals surface area contributed by atoms with Crippen molar-refractivity contribution in [2.75, 3.05) is 7.05 Å². The lowest BCUT2D eigenvalue weighted by Crippen LogP contribution is -2.36. The number of hydrogen-bond acceptors (Lipinski definition) is 3. The molecule has 2 rings (SSSR count). The van der Waals surface area contributed by atoms with Crippen molar-refractivity contribution >= 4 is 45.9 Å². The molecule has 0 amide bonds. The molecule has 0 saturated carbocycles. The highest BCUT2D eigenvalue weighted by atomic mass is 127. The van der Waals surface area contributed by atoms with Gasteiger partial charge in [-0.25, -0.2) is 4.39 Å². The first-order valence-electron chi connectivity index (χ1n) is 7.33. The summed E-state index contributed by atoms with van der Waals surface area (Å²) in [6, 6.07) is 6.51. The molecule has 0 saturated heterocycles. The minimum absolute atomic E-state index is 0. The lowest BCUT2D eigenvalue weighted by Gasteiger charge is -2.11. The van der Waals surface area contributed by atoms with Crippen LogP contribution in [0.2, 0.25) is 0 Å². The Hall–Kier alpha value is -1.16. The first-order chi connectivity index (χ1) is 11.0. The van der Waals surface area contributed by atoms with Gasteiger partial charge in [0.15, 0.2) is 11.7 Å². The molecule has 0 bridgehead atoms. The van der Waals surface area contributed by atoms with E-state index in [4.69, 9.17) is 4.52 Å². The number of benzene rings is 1. The van der Waals surface area contributed by atoms with Gasteiger partial charge in [0.05, 0.1) is 12.2 Å². The number of aliphatic imine (C=N–C) groups is 1. The van der Waals surface area contributed by atoms with Crippen LogP contribution in [0, 0.1) is 5.82 Å². The van der Waals surface area contributed by atoms with Crippen LogP contribution in [0.3, 0.4) is 0 Å². The van der Waals surface area contributed by atoms with Gasteiger partial charge in [0.2, 0.25) is 0 Å². The quantitative estimate of drug-likeness (QED) is 0.360. The largest absolute Gasteiger partial charge is 0.359 e. The summed E-state index contributed by atoms with van der Waals surface area (Å²) in [6.07, 6.45) is 0. The first-order valence-corrected chi connectivity index (χ1v) is 8.13. The topological polar surface area (TPSA) is 62.5 Å². The van der Waals surface area contributed by atoms with E-state index in [1.807, 2.05) is 6.07 Å². The van der Waals surface area contributed by atoms with Gasteiger partial charge in [0, 0.05) is 24.1 Å². The van der Waals surface area contributed by atoms with Crippen molar-refractivity contribution in [3.05, 3.63) is 51.6 Å². The minimum atomic E-state index is -0.268. The van der Waals surface area contributed by atoms with Gasteiger partial charge in [-0.1, -0.05) is 34.9 Å². The molecule has 0 aliphatic heterocycles. The molecule has 5 nitrogen and oxygen atoms in total. The molecule has 0 radical (unpaired) electrons. The Bertz CT molecular complexity index is 690. The highest BCUT2D eigenvalue weighted by molar-refractivity contribution is 14.0. The Morgan fingerprint density at radius 1 is 1.29 bits per heavy atom. The van der Waals surface area contributed by atoms with Crippen LogP contribution in [0.25, 0.3) is 0 Å². The van der Waals surface area contributed by atoms with Crippen molar-refractivity contribution in [2.45, 2.75) is 32.9 Å². The van der Waals surface area contributed by atoms with E-state index in [-0.39, 0.29) is 29.8 Å². The van der Waals surface area contributed by atoms with Crippen LogP contribution in [0.15, 0.2) is 38.3 Å². The zero-order valence-electron chi connectivity index (χ0n) is 13.8. The zero-order chi connectivity index (χ0) is 16.8. The maximum absolute atomic E-state index is 13.3. The summed E-state index contributed by atoms with van der Waals surface area (Å²) in [5, 5.41) is 10.3. The van der Waals surface area contributed by atoms with E-state index in [2.05, 4.69) is 50.6 Å². The number of guanidine groups is 1. The lowest BCUT2D eigenvalue weighted by molar-refractivity contribution is 0.372. The second-order valence-electron chi connectivity index (χ2n) is 5.39. The second-order valence-corrected chi connectivity index (χ2v) is 6.24. The highest BCUT2D eigenvalue weighted by Crippen LogP contribution is 2.17. The van der Waals surface area contributed by atoms with Crippen LogP contribution < -0.4 is 10.6 Å². The molecule has 0 atom stereocenters. The Morgan fingerprint density at radius 3 is 2.62 bits per heavy atom. The molecule has 0 fully saturated rings. The molecule has 0 aliphatic rings. The second kappa shape index (κ2) is 9.97. The summed E-state index contributed by atoms with van der Waals surface area (Å²) in [5.41, 5.74) is 1.74. The summed E-state index contributed by atoms with van der Waals surface area (Å²) in [5.74, 6) is 1.40. The summed E-state index contributed by atoms with van der Waals surface area (Å²) in [6.45, 7) is 5.05.